The van der Waals surface area contributed by atoms with Crippen LogP contribution in [0.25, 0.3) is 10.9 Å². The van der Waals surface area contributed by atoms with E-state index in [0.717, 1.165) is 22.7 Å². The summed E-state index contributed by atoms with van der Waals surface area (Å²) in [6.07, 6.45) is 0. The van der Waals surface area contributed by atoms with Crippen molar-refractivity contribution < 1.29 is 0 Å². The van der Waals surface area contributed by atoms with Gasteiger partial charge in [0.25, 0.3) is 0 Å². The molecule has 0 bridgehead atoms. The second-order valence-electron chi connectivity index (χ2n) is 6.75. The lowest BCUT2D eigenvalue weighted by atomic mass is 10.1. The van der Waals surface area contributed by atoms with Crippen LogP contribution in [0.5, 0.6) is 0 Å². The molecule has 2 aromatic carbocycles. The number of hydrogen-bond acceptors (Lipinski definition) is 3. The van der Waals surface area contributed by atoms with E-state index in [1.807, 2.05) is 37.2 Å². The minimum Gasteiger partial charge on any atom is -0.363 e. The number of fused-ring (bicyclic) bond motifs is 1. The molecule has 0 spiro atoms. The summed E-state index contributed by atoms with van der Waals surface area (Å²) in [5.41, 5.74) is 3.42. The van der Waals surface area contributed by atoms with Gasteiger partial charge in [0.2, 0.25) is 0 Å². The monoisotopic (exact) mass is 361 g/mol. The third-order valence-electron chi connectivity index (χ3n) is 4.57. The summed E-state index contributed by atoms with van der Waals surface area (Å²) < 4.78 is 0. The molecule has 1 heterocycles. The van der Waals surface area contributed by atoms with Crippen LogP contribution in [-0.4, -0.2) is 32.1 Å². The molecule has 1 aromatic heterocycles. The SMILES string of the molecule is CN=C(NCc1cc(N(C)C)nc2ccccc12)NC(C)c1ccccc1. The number of nitrogens with zero attached hydrogens (tertiary/aromatic N) is 3. The molecule has 0 aliphatic heterocycles. The summed E-state index contributed by atoms with van der Waals surface area (Å²) in [4.78, 5) is 11.1. The number of benzene rings is 2. The van der Waals surface area contributed by atoms with Crippen LogP contribution in [0.15, 0.2) is 65.7 Å². The molecule has 2 N–H and O–H groups in total. The predicted octanol–water partition coefficient (Wildman–Crippen LogP) is 3.73. The Balaban J connectivity index is 1.76. The van der Waals surface area contributed by atoms with Gasteiger partial charge >= 0.3 is 0 Å². The molecule has 140 valence electrons. The van der Waals surface area contributed by atoms with Gasteiger partial charge in [-0.25, -0.2) is 4.98 Å². The highest BCUT2D eigenvalue weighted by Crippen LogP contribution is 2.22. The van der Waals surface area contributed by atoms with Crippen LogP contribution in [0.3, 0.4) is 0 Å². The van der Waals surface area contributed by atoms with Crippen molar-refractivity contribution in [2.24, 2.45) is 4.99 Å². The van der Waals surface area contributed by atoms with Crippen LogP contribution in [0.1, 0.15) is 24.1 Å². The van der Waals surface area contributed by atoms with E-state index in [-0.39, 0.29) is 6.04 Å². The fraction of sp³-hybridized carbons (Fsp3) is 0.273. The first-order valence-corrected chi connectivity index (χ1v) is 9.16. The molecular weight excluding hydrogens is 334 g/mol. The average Bonchev–Trinajstić information content (AvgIpc) is 2.71. The summed E-state index contributed by atoms with van der Waals surface area (Å²) in [6, 6.07) is 20.9. The topological polar surface area (TPSA) is 52.6 Å². The maximum Gasteiger partial charge on any atom is 0.191 e. The van der Waals surface area contributed by atoms with E-state index >= 15 is 0 Å². The Labute approximate surface area is 161 Å². The maximum absolute atomic E-state index is 4.72. The lowest BCUT2D eigenvalue weighted by Gasteiger charge is -2.19. The number of hydrogen-bond donors (Lipinski definition) is 2. The normalized spacial score (nSPS) is 12.7. The van der Waals surface area contributed by atoms with Crippen LogP contribution < -0.4 is 15.5 Å². The largest absolute Gasteiger partial charge is 0.363 e. The van der Waals surface area contributed by atoms with E-state index in [2.05, 4.69) is 65.0 Å². The maximum atomic E-state index is 4.72. The molecule has 0 amide bonds. The molecule has 27 heavy (non-hydrogen) atoms. The zero-order chi connectivity index (χ0) is 19.2. The van der Waals surface area contributed by atoms with Crippen LogP contribution in [0.4, 0.5) is 5.82 Å². The van der Waals surface area contributed by atoms with Gasteiger partial charge in [0.15, 0.2) is 5.96 Å². The van der Waals surface area contributed by atoms with E-state index in [1.165, 1.54) is 11.1 Å². The van der Waals surface area contributed by atoms with Crippen LogP contribution in [0, 0.1) is 0 Å². The Morgan fingerprint density at radius 2 is 1.78 bits per heavy atom. The van der Waals surface area contributed by atoms with Crippen molar-refractivity contribution in [3.63, 3.8) is 0 Å². The van der Waals surface area contributed by atoms with E-state index in [9.17, 15) is 0 Å². The van der Waals surface area contributed by atoms with Crippen LogP contribution in [-0.2, 0) is 6.54 Å². The number of aliphatic imine (C=N–C) groups is 1. The van der Waals surface area contributed by atoms with Gasteiger partial charge in [-0.1, -0.05) is 48.5 Å². The molecule has 0 saturated carbocycles. The second kappa shape index (κ2) is 8.54. The molecule has 0 aliphatic rings. The first kappa shape index (κ1) is 18.7. The fourth-order valence-corrected chi connectivity index (χ4v) is 3.01. The van der Waals surface area contributed by atoms with E-state index < -0.39 is 0 Å². The second-order valence-corrected chi connectivity index (χ2v) is 6.75. The molecule has 0 saturated heterocycles. The van der Waals surface area contributed by atoms with Crippen molar-refractivity contribution in [3.8, 4) is 0 Å². The first-order valence-electron chi connectivity index (χ1n) is 9.16. The summed E-state index contributed by atoms with van der Waals surface area (Å²) in [5, 5.41) is 8.04. The van der Waals surface area contributed by atoms with Gasteiger partial charge in [-0.3, -0.25) is 4.99 Å². The number of anilines is 1. The summed E-state index contributed by atoms with van der Waals surface area (Å²) in [7, 11) is 5.82. The van der Waals surface area contributed by atoms with Crippen LogP contribution in [0.2, 0.25) is 0 Å². The van der Waals surface area contributed by atoms with Gasteiger partial charge in [-0.2, -0.15) is 0 Å². The lowest BCUT2D eigenvalue weighted by molar-refractivity contribution is 0.686. The number of aromatic nitrogens is 1. The number of pyridine rings is 1. The van der Waals surface area contributed by atoms with Gasteiger partial charge in [-0.15, -0.1) is 0 Å². The first-order chi connectivity index (χ1) is 13.1. The smallest absolute Gasteiger partial charge is 0.191 e. The van der Waals surface area contributed by atoms with Crippen molar-refractivity contribution in [2.45, 2.75) is 19.5 Å². The van der Waals surface area contributed by atoms with Crippen molar-refractivity contribution in [1.29, 1.82) is 0 Å². The zero-order valence-corrected chi connectivity index (χ0v) is 16.4. The molecule has 0 radical (unpaired) electrons. The van der Waals surface area contributed by atoms with Crippen LogP contribution >= 0.6 is 0 Å². The number of guanidine groups is 1. The summed E-state index contributed by atoms with van der Waals surface area (Å²) in [5.74, 6) is 1.73. The van der Waals surface area contributed by atoms with Gasteiger partial charge in [0.05, 0.1) is 11.6 Å². The minimum absolute atomic E-state index is 0.170. The average molecular weight is 361 g/mol. The van der Waals surface area contributed by atoms with Crippen molar-refractivity contribution in [2.75, 3.05) is 26.0 Å². The minimum atomic E-state index is 0.170. The fourth-order valence-electron chi connectivity index (χ4n) is 3.01. The summed E-state index contributed by atoms with van der Waals surface area (Å²) in [6.45, 7) is 2.80. The molecule has 5 nitrogen and oxygen atoms in total. The van der Waals surface area contributed by atoms with E-state index in [1.54, 1.807) is 7.05 Å². The molecule has 1 atom stereocenters. The Morgan fingerprint density at radius 3 is 2.48 bits per heavy atom. The van der Waals surface area contributed by atoms with Crippen molar-refractivity contribution >= 4 is 22.7 Å². The molecule has 0 aliphatic carbocycles. The molecule has 1 unspecified atom stereocenters. The molecule has 0 fully saturated rings. The quantitative estimate of drug-likeness (QED) is 0.537. The van der Waals surface area contributed by atoms with Gasteiger partial charge in [-0.05, 0) is 30.2 Å². The van der Waals surface area contributed by atoms with E-state index in [0.29, 0.717) is 6.54 Å². The molecule has 3 aromatic rings. The molecule has 5 heteroatoms. The van der Waals surface area contributed by atoms with Gasteiger partial charge in [0.1, 0.15) is 5.82 Å². The number of rotatable bonds is 5. The third-order valence-corrected chi connectivity index (χ3v) is 4.57. The Hall–Kier alpha value is -3.08. The Kier molecular flexibility index (Phi) is 5.91. The predicted molar refractivity (Wildman–Crippen MR) is 114 cm³/mol. The third kappa shape index (κ3) is 4.56. The van der Waals surface area contributed by atoms with Gasteiger partial charge < -0.3 is 15.5 Å². The zero-order valence-electron chi connectivity index (χ0n) is 16.4. The standard InChI is InChI=1S/C22H27N5/c1-16(17-10-6-5-7-11-17)25-22(23-2)24-15-18-14-21(27(3)4)26-20-13-9-8-12-19(18)20/h5-14,16H,15H2,1-4H3,(H2,23,24,25). The highest BCUT2D eigenvalue weighted by atomic mass is 15.2. The van der Waals surface area contributed by atoms with Crippen molar-refractivity contribution in [1.82, 2.24) is 15.6 Å². The summed E-state index contributed by atoms with van der Waals surface area (Å²) >= 11 is 0. The number of nitrogens with one attached hydrogen (secondary N) is 2. The van der Waals surface area contributed by atoms with Gasteiger partial charge in [0, 0.05) is 33.1 Å². The van der Waals surface area contributed by atoms with E-state index in [4.69, 9.17) is 4.98 Å². The van der Waals surface area contributed by atoms with Crippen molar-refractivity contribution in [3.05, 3.63) is 71.8 Å². The highest BCUT2D eigenvalue weighted by molar-refractivity contribution is 5.85. The number of para-hydroxylation sites is 1. The molecular formula is C22H27N5. The highest BCUT2D eigenvalue weighted by Gasteiger charge is 2.10. The molecule has 3 rings (SSSR count). The Morgan fingerprint density at radius 1 is 1.07 bits per heavy atom. The lowest BCUT2D eigenvalue weighted by Crippen LogP contribution is -2.38. The Bertz CT molecular complexity index is 918.